The first-order chi connectivity index (χ1) is 14.9. The van der Waals surface area contributed by atoms with Gasteiger partial charge >= 0.3 is 0 Å². The maximum atomic E-state index is 13.2. The highest BCUT2D eigenvalue weighted by molar-refractivity contribution is 6.11. The zero-order valence-electron chi connectivity index (χ0n) is 17.2. The molecular formula is C24H21FN2O4. The number of halogens is 1. The number of benzene rings is 2. The smallest absolute Gasteiger partial charge is 0.271 e. The predicted molar refractivity (Wildman–Crippen MR) is 113 cm³/mol. The number of rotatable bonds is 7. The van der Waals surface area contributed by atoms with Crippen molar-refractivity contribution in [3.05, 3.63) is 92.5 Å². The van der Waals surface area contributed by atoms with Gasteiger partial charge in [0, 0.05) is 5.56 Å². The van der Waals surface area contributed by atoms with Gasteiger partial charge < -0.3 is 9.84 Å². The first-order valence-corrected chi connectivity index (χ1v) is 9.75. The zero-order chi connectivity index (χ0) is 22.5. The highest BCUT2D eigenvalue weighted by Gasteiger charge is 2.25. The van der Waals surface area contributed by atoms with E-state index in [0.29, 0.717) is 17.9 Å². The van der Waals surface area contributed by atoms with Crippen molar-refractivity contribution in [1.82, 2.24) is 4.57 Å². The molecule has 7 heteroatoms. The van der Waals surface area contributed by atoms with Crippen molar-refractivity contribution < 1.29 is 19.0 Å². The summed E-state index contributed by atoms with van der Waals surface area (Å²) in [4.78, 5) is 25.9. The van der Waals surface area contributed by atoms with E-state index in [-0.39, 0.29) is 28.8 Å². The summed E-state index contributed by atoms with van der Waals surface area (Å²) in [5.74, 6) is -0.897. The molecule has 3 aromatic rings. The van der Waals surface area contributed by atoms with Crippen molar-refractivity contribution in [1.29, 1.82) is 5.26 Å². The Morgan fingerprint density at radius 2 is 1.81 bits per heavy atom. The van der Waals surface area contributed by atoms with Crippen molar-refractivity contribution in [3.63, 3.8) is 0 Å². The maximum Gasteiger partial charge on any atom is 0.271 e. The van der Waals surface area contributed by atoms with Crippen LogP contribution in [0.2, 0.25) is 0 Å². The summed E-state index contributed by atoms with van der Waals surface area (Å²) in [6, 6.07) is 13.6. The van der Waals surface area contributed by atoms with Gasteiger partial charge in [0.05, 0.1) is 18.7 Å². The number of hydrogen-bond donors (Lipinski definition) is 1. The summed E-state index contributed by atoms with van der Waals surface area (Å²) in [5.41, 5.74) is -0.162. The molecule has 3 rings (SSSR count). The van der Waals surface area contributed by atoms with Crippen LogP contribution in [0.15, 0.2) is 53.3 Å². The summed E-state index contributed by atoms with van der Waals surface area (Å²) in [6.07, 6.45) is 0.848. The fourth-order valence-corrected chi connectivity index (χ4v) is 3.21. The van der Waals surface area contributed by atoms with Crippen LogP contribution in [-0.2, 0) is 6.54 Å². The normalized spacial score (nSPS) is 10.5. The molecule has 0 radical (unpaired) electrons. The number of hydrogen-bond acceptors (Lipinski definition) is 5. The van der Waals surface area contributed by atoms with Crippen LogP contribution in [0, 0.1) is 24.1 Å². The van der Waals surface area contributed by atoms with Crippen LogP contribution in [0.4, 0.5) is 4.39 Å². The number of carbonyl (C=O) groups excluding carboxylic acids is 1. The van der Waals surface area contributed by atoms with E-state index in [9.17, 15) is 24.3 Å². The minimum absolute atomic E-state index is 0.108. The highest BCUT2D eigenvalue weighted by Crippen LogP contribution is 2.26. The van der Waals surface area contributed by atoms with Gasteiger partial charge in [0.1, 0.15) is 23.2 Å². The highest BCUT2D eigenvalue weighted by atomic mass is 19.1. The Bertz CT molecular complexity index is 1210. The average Bonchev–Trinajstić information content (AvgIpc) is 2.77. The Labute approximate surface area is 178 Å². The van der Waals surface area contributed by atoms with Gasteiger partial charge in [-0.15, -0.1) is 0 Å². The molecule has 0 atom stereocenters. The van der Waals surface area contributed by atoms with Crippen molar-refractivity contribution in [2.45, 2.75) is 26.8 Å². The molecule has 0 aliphatic rings. The molecule has 0 unspecified atom stereocenters. The van der Waals surface area contributed by atoms with E-state index in [1.807, 2.05) is 13.0 Å². The van der Waals surface area contributed by atoms with Crippen molar-refractivity contribution in [3.8, 4) is 17.7 Å². The second-order valence-electron chi connectivity index (χ2n) is 7.03. The lowest BCUT2D eigenvalue weighted by molar-refractivity contribution is 0.103. The molecule has 6 nitrogen and oxygen atoms in total. The number of ether oxygens (including phenoxy) is 1. The Hall–Kier alpha value is -3.92. The van der Waals surface area contributed by atoms with Crippen LogP contribution in [0.3, 0.4) is 0 Å². The summed E-state index contributed by atoms with van der Waals surface area (Å²) >= 11 is 0. The second-order valence-corrected chi connectivity index (χ2v) is 7.03. The fraction of sp³-hybridized carbons (Fsp3) is 0.208. The van der Waals surface area contributed by atoms with Crippen LogP contribution in [-0.4, -0.2) is 22.1 Å². The lowest BCUT2D eigenvalue weighted by Crippen LogP contribution is -2.27. The fourth-order valence-electron chi connectivity index (χ4n) is 3.21. The van der Waals surface area contributed by atoms with Gasteiger partial charge in [0.15, 0.2) is 5.78 Å². The first kappa shape index (κ1) is 21.8. The van der Waals surface area contributed by atoms with E-state index in [1.165, 1.54) is 31.2 Å². The third-order valence-electron chi connectivity index (χ3n) is 4.87. The van der Waals surface area contributed by atoms with Crippen LogP contribution in [0.5, 0.6) is 11.6 Å². The average molecular weight is 420 g/mol. The summed E-state index contributed by atoms with van der Waals surface area (Å²) < 4.78 is 19.7. The molecule has 158 valence electrons. The lowest BCUT2D eigenvalue weighted by Gasteiger charge is -2.16. The van der Waals surface area contributed by atoms with Gasteiger partial charge in [-0.05, 0) is 60.9 Å². The standard InChI is InChI=1S/C24H21FN2O4/c1-3-12-31-19-10-6-17(7-11-19)22(28)21-15(2)20(13-26)23(29)27(24(21)30)14-16-4-8-18(25)9-5-16/h4-11,30H,3,12,14H2,1-2H3. The number of ketones is 1. The third kappa shape index (κ3) is 4.48. The molecule has 0 spiro atoms. The monoisotopic (exact) mass is 420 g/mol. The lowest BCUT2D eigenvalue weighted by atomic mass is 9.97. The minimum atomic E-state index is -0.721. The summed E-state index contributed by atoms with van der Waals surface area (Å²) in [7, 11) is 0. The quantitative estimate of drug-likeness (QED) is 0.585. The first-order valence-electron chi connectivity index (χ1n) is 9.75. The molecule has 0 saturated heterocycles. The zero-order valence-corrected chi connectivity index (χ0v) is 17.2. The van der Waals surface area contributed by atoms with Crippen molar-refractivity contribution in [2.24, 2.45) is 0 Å². The number of nitriles is 1. The van der Waals surface area contributed by atoms with E-state index < -0.39 is 23.0 Å². The molecular weight excluding hydrogens is 399 g/mol. The molecule has 0 bridgehead atoms. The Morgan fingerprint density at radius 1 is 1.16 bits per heavy atom. The predicted octanol–water partition coefficient (Wildman–Crippen LogP) is 3.94. The van der Waals surface area contributed by atoms with Gasteiger partial charge in [0.25, 0.3) is 5.56 Å². The number of aromatic hydroxyl groups is 1. The van der Waals surface area contributed by atoms with Crippen LogP contribution in [0.1, 0.15) is 46.0 Å². The molecule has 0 saturated carbocycles. The Morgan fingerprint density at radius 3 is 2.39 bits per heavy atom. The van der Waals surface area contributed by atoms with Crippen LogP contribution in [0.25, 0.3) is 0 Å². The molecule has 1 N–H and O–H groups in total. The number of aromatic nitrogens is 1. The van der Waals surface area contributed by atoms with Gasteiger partial charge in [-0.3, -0.25) is 14.2 Å². The van der Waals surface area contributed by atoms with Gasteiger partial charge in [-0.2, -0.15) is 5.26 Å². The van der Waals surface area contributed by atoms with E-state index in [2.05, 4.69) is 0 Å². The second kappa shape index (κ2) is 9.26. The molecule has 0 fully saturated rings. The van der Waals surface area contributed by atoms with E-state index >= 15 is 0 Å². The molecule has 2 aromatic carbocycles. The topological polar surface area (TPSA) is 92.3 Å². The molecule has 31 heavy (non-hydrogen) atoms. The molecule has 0 aliphatic heterocycles. The number of carbonyl (C=O) groups is 1. The van der Waals surface area contributed by atoms with E-state index in [4.69, 9.17) is 4.74 Å². The van der Waals surface area contributed by atoms with Gasteiger partial charge in [-0.1, -0.05) is 19.1 Å². The Kier molecular flexibility index (Phi) is 6.51. The van der Waals surface area contributed by atoms with Crippen LogP contribution >= 0.6 is 0 Å². The summed E-state index contributed by atoms with van der Waals surface area (Å²) in [6.45, 7) is 3.86. The maximum absolute atomic E-state index is 13.2. The van der Waals surface area contributed by atoms with Crippen LogP contribution < -0.4 is 10.3 Å². The van der Waals surface area contributed by atoms with E-state index in [1.54, 1.807) is 24.3 Å². The third-order valence-corrected chi connectivity index (χ3v) is 4.87. The molecule has 0 aliphatic carbocycles. The number of pyridine rings is 1. The molecule has 1 aromatic heterocycles. The SMILES string of the molecule is CCCOc1ccc(C(=O)c2c(C)c(C#N)c(=O)n(Cc3ccc(F)cc3)c2O)cc1. The largest absolute Gasteiger partial charge is 0.494 e. The molecule has 0 amide bonds. The number of nitrogens with zero attached hydrogens (tertiary/aromatic N) is 2. The minimum Gasteiger partial charge on any atom is -0.494 e. The van der Waals surface area contributed by atoms with Gasteiger partial charge in [-0.25, -0.2) is 4.39 Å². The van der Waals surface area contributed by atoms with E-state index in [0.717, 1.165) is 11.0 Å². The van der Waals surface area contributed by atoms with Gasteiger partial charge in [0.2, 0.25) is 5.88 Å². The van der Waals surface area contributed by atoms with Crippen molar-refractivity contribution in [2.75, 3.05) is 6.61 Å². The molecule has 1 heterocycles. The summed E-state index contributed by atoms with van der Waals surface area (Å²) in [5, 5.41) is 20.3. The Balaban J connectivity index is 2.07. The van der Waals surface area contributed by atoms with Crippen molar-refractivity contribution >= 4 is 5.78 Å².